The molecule has 1 aliphatic heterocycles. The summed E-state index contributed by atoms with van der Waals surface area (Å²) >= 11 is 8.57. The summed E-state index contributed by atoms with van der Waals surface area (Å²) in [5, 5.41) is 10.0. The van der Waals surface area contributed by atoms with Crippen molar-refractivity contribution in [3.8, 4) is 0 Å². The molecule has 2 heterocycles. The molecular formula is C17H21BrN4O2S. The first kappa shape index (κ1) is 18.3. The van der Waals surface area contributed by atoms with Crippen molar-refractivity contribution in [3.05, 3.63) is 44.9 Å². The van der Waals surface area contributed by atoms with Crippen molar-refractivity contribution in [2.45, 2.75) is 24.7 Å². The van der Waals surface area contributed by atoms with Crippen molar-refractivity contribution in [2.75, 3.05) is 19.8 Å². The minimum atomic E-state index is -0.532. The molecule has 1 fully saturated rings. The second kappa shape index (κ2) is 7.80. The molecule has 1 amide bonds. The molecular weight excluding hydrogens is 404 g/mol. The van der Waals surface area contributed by atoms with Gasteiger partial charge in [-0.15, -0.1) is 0 Å². The highest BCUT2D eigenvalue weighted by molar-refractivity contribution is 9.10. The summed E-state index contributed by atoms with van der Waals surface area (Å²) in [4.78, 5) is 13.1. The van der Waals surface area contributed by atoms with Gasteiger partial charge in [-0.25, -0.2) is 0 Å². The predicted molar refractivity (Wildman–Crippen MR) is 101 cm³/mol. The van der Waals surface area contributed by atoms with Crippen molar-refractivity contribution in [2.24, 2.45) is 7.05 Å². The number of hydrogen-bond donors (Lipinski definition) is 2. The van der Waals surface area contributed by atoms with Crippen LogP contribution in [0.4, 0.5) is 0 Å². The van der Waals surface area contributed by atoms with E-state index < -0.39 is 5.41 Å². The number of carbonyl (C=O) groups excluding carboxylic acids is 1. The molecule has 1 aromatic heterocycles. The number of H-pyrrole nitrogens is 1. The molecule has 1 aromatic carbocycles. The third-order valence-electron chi connectivity index (χ3n) is 4.78. The summed E-state index contributed by atoms with van der Waals surface area (Å²) in [6, 6.07) is 8.00. The Bertz CT molecular complexity index is 794. The van der Waals surface area contributed by atoms with E-state index in [0.29, 0.717) is 43.8 Å². The summed E-state index contributed by atoms with van der Waals surface area (Å²) in [5.41, 5.74) is 0.505. The minimum Gasteiger partial charge on any atom is -0.381 e. The van der Waals surface area contributed by atoms with E-state index in [1.165, 1.54) is 0 Å². The van der Waals surface area contributed by atoms with Crippen molar-refractivity contribution in [3.63, 3.8) is 0 Å². The lowest BCUT2D eigenvalue weighted by Gasteiger charge is -2.36. The summed E-state index contributed by atoms with van der Waals surface area (Å²) in [5.74, 6) is 0.880. The second-order valence-corrected chi connectivity index (χ2v) is 7.51. The highest BCUT2D eigenvalue weighted by Gasteiger charge is 2.41. The highest BCUT2D eigenvalue weighted by atomic mass is 79.9. The van der Waals surface area contributed by atoms with E-state index in [9.17, 15) is 4.79 Å². The molecule has 0 aliphatic carbocycles. The van der Waals surface area contributed by atoms with E-state index in [2.05, 4.69) is 31.4 Å². The fourth-order valence-electron chi connectivity index (χ4n) is 3.20. The lowest BCUT2D eigenvalue weighted by atomic mass is 9.73. The van der Waals surface area contributed by atoms with Crippen LogP contribution in [0.5, 0.6) is 0 Å². The number of amides is 1. The summed E-state index contributed by atoms with van der Waals surface area (Å²) in [6.45, 7) is 1.71. The van der Waals surface area contributed by atoms with E-state index in [-0.39, 0.29) is 5.91 Å². The zero-order chi connectivity index (χ0) is 17.9. The third-order valence-corrected chi connectivity index (χ3v) is 5.68. The maximum atomic E-state index is 13.1. The molecule has 0 saturated carbocycles. The number of aromatic nitrogens is 3. The van der Waals surface area contributed by atoms with Crippen molar-refractivity contribution < 1.29 is 9.53 Å². The second-order valence-electron chi connectivity index (χ2n) is 6.21. The van der Waals surface area contributed by atoms with Crippen molar-refractivity contribution >= 4 is 34.1 Å². The number of carbonyl (C=O) groups is 1. The Hall–Kier alpha value is -1.51. The number of hydrogen-bond acceptors (Lipinski definition) is 4. The van der Waals surface area contributed by atoms with Gasteiger partial charge in [0.15, 0.2) is 4.77 Å². The number of benzene rings is 1. The minimum absolute atomic E-state index is 0.0508. The van der Waals surface area contributed by atoms with Crippen molar-refractivity contribution in [1.82, 2.24) is 20.1 Å². The Balaban J connectivity index is 1.72. The number of rotatable bonds is 5. The SMILES string of the molecule is Cn1c(CCNC(=O)C2(c3ccc(Br)cc3)CCOCC2)n[nH]c1=S. The predicted octanol–water partition coefficient (Wildman–Crippen LogP) is 2.65. The molecule has 0 atom stereocenters. The highest BCUT2D eigenvalue weighted by Crippen LogP contribution is 2.35. The number of halogens is 1. The molecule has 134 valence electrons. The van der Waals surface area contributed by atoms with Crippen LogP contribution in [0.1, 0.15) is 24.2 Å². The number of aromatic amines is 1. The van der Waals surface area contributed by atoms with E-state index in [1.807, 2.05) is 35.9 Å². The van der Waals surface area contributed by atoms with Gasteiger partial charge in [-0.1, -0.05) is 28.1 Å². The molecule has 1 saturated heterocycles. The smallest absolute Gasteiger partial charge is 0.230 e. The normalized spacial score (nSPS) is 16.6. The van der Waals surface area contributed by atoms with Gasteiger partial charge in [-0.3, -0.25) is 9.89 Å². The maximum absolute atomic E-state index is 13.1. The average molecular weight is 425 g/mol. The standard InChI is InChI=1S/C17H21BrN4O2S/c1-22-14(20-21-16(22)25)6-9-19-15(23)17(7-10-24-11-8-17)12-2-4-13(18)5-3-12/h2-5H,6-11H2,1H3,(H,19,23)(H,21,25). The van der Waals surface area contributed by atoms with E-state index in [1.54, 1.807) is 0 Å². The lowest BCUT2D eigenvalue weighted by Crippen LogP contribution is -2.48. The molecule has 3 rings (SSSR count). The van der Waals surface area contributed by atoms with Gasteiger partial charge >= 0.3 is 0 Å². The molecule has 2 N–H and O–H groups in total. The average Bonchev–Trinajstić information content (AvgIpc) is 2.95. The zero-order valence-electron chi connectivity index (χ0n) is 14.0. The van der Waals surface area contributed by atoms with Crippen LogP contribution in [-0.2, 0) is 28.4 Å². The molecule has 8 heteroatoms. The number of nitrogens with zero attached hydrogens (tertiary/aromatic N) is 2. The molecule has 0 bridgehead atoms. The molecule has 0 unspecified atom stereocenters. The zero-order valence-corrected chi connectivity index (χ0v) is 16.5. The van der Waals surface area contributed by atoms with Crippen LogP contribution in [0.3, 0.4) is 0 Å². The third kappa shape index (κ3) is 3.86. The van der Waals surface area contributed by atoms with E-state index in [4.69, 9.17) is 17.0 Å². The number of ether oxygens (including phenoxy) is 1. The van der Waals surface area contributed by atoms with E-state index >= 15 is 0 Å². The first-order valence-corrected chi connectivity index (χ1v) is 9.45. The van der Waals surface area contributed by atoms with Gasteiger partial charge in [0.1, 0.15) is 5.82 Å². The van der Waals surface area contributed by atoms with Crippen LogP contribution in [-0.4, -0.2) is 40.4 Å². The van der Waals surface area contributed by atoms with Crippen LogP contribution < -0.4 is 5.32 Å². The van der Waals surface area contributed by atoms with Crippen molar-refractivity contribution in [1.29, 1.82) is 0 Å². The van der Waals surface area contributed by atoms with Gasteiger partial charge < -0.3 is 14.6 Å². The van der Waals surface area contributed by atoms with Gasteiger partial charge in [0, 0.05) is 37.7 Å². The monoisotopic (exact) mass is 424 g/mol. The molecule has 25 heavy (non-hydrogen) atoms. The Kier molecular flexibility index (Phi) is 5.71. The van der Waals surface area contributed by atoms with Gasteiger partial charge in [-0.2, -0.15) is 5.10 Å². The van der Waals surface area contributed by atoms with Crippen LogP contribution in [0.15, 0.2) is 28.7 Å². The van der Waals surface area contributed by atoms with Crippen LogP contribution in [0.2, 0.25) is 0 Å². The van der Waals surface area contributed by atoms with Crippen LogP contribution >= 0.6 is 28.1 Å². The van der Waals surface area contributed by atoms with Gasteiger partial charge in [0.2, 0.25) is 5.91 Å². The fourth-order valence-corrected chi connectivity index (χ4v) is 3.61. The molecule has 0 spiro atoms. The fraction of sp³-hybridized carbons (Fsp3) is 0.471. The summed E-state index contributed by atoms with van der Waals surface area (Å²) in [6.07, 6.45) is 2.00. The molecule has 1 aliphatic rings. The largest absolute Gasteiger partial charge is 0.381 e. The summed E-state index contributed by atoms with van der Waals surface area (Å²) < 4.78 is 8.90. The Labute approximate surface area is 160 Å². The Morgan fingerprint density at radius 3 is 2.68 bits per heavy atom. The van der Waals surface area contributed by atoms with Gasteiger partial charge in [0.25, 0.3) is 0 Å². The van der Waals surface area contributed by atoms with Gasteiger partial charge in [-0.05, 0) is 42.8 Å². The lowest BCUT2D eigenvalue weighted by molar-refractivity contribution is -0.130. The first-order valence-electron chi connectivity index (χ1n) is 8.25. The van der Waals surface area contributed by atoms with Crippen LogP contribution in [0, 0.1) is 4.77 Å². The number of nitrogens with one attached hydrogen (secondary N) is 2. The first-order chi connectivity index (χ1) is 12.0. The van der Waals surface area contributed by atoms with Gasteiger partial charge in [0.05, 0.1) is 5.41 Å². The maximum Gasteiger partial charge on any atom is 0.230 e. The topological polar surface area (TPSA) is 71.9 Å². The molecule has 6 nitrogen and oxygen atoms in total. The Morgan fingerprint density at radius 2 is 2.08 bits per heavy atom. The molecule has 0 radical (unpaired) electrons. The van der Waals surface area contributed by atoms with Crippen LogP contribution in [0.25, 0.3) is 0 Å². The van der Waals surface area contributed by atoms with E-state index in [0.717, 1.165) is 15.9 Å². The molecule has 2 aromatic rings. The Morgan fingerprint density at radius 1 is 1.40 bits per heavy atom. The summed E-state index contributed by atoms with van der Waals surface area (Å²) in [7, 11) is 1.87. The quantitative estimate of drug-likeness (QED) is 0.723.